The highest BCUT2D eigenvalue weighted by Gasteiger charge is 2.33. The second-order valence-corrected chi connectivity index (χ2v) is 16.4. The zero-order chi connectivity index (χ0) is 42.1. The van der Waals surface area contributed by atoms with Crippen LogP contribution in [0.2, 0.25) is 0 Å². The second kappa shape index (κ2) is 17.2. The number of nitrogens with one attached hydrogen (secondary N) is 3. The number of anilines is 4. The smallest absolute Gasteiger partial charge is 0.294 e. The highest BCUT2D eigenvalue weighted by molar-refractivity contribution is 6.02. The average molecular weight is 819 g/mol. The van der Waals surface area contributed by atoms with E-state index in [-0.39, 0.29) is 41.7 Å². The molecule has 0 radical (unpaired) electrons. The number of imide groups is 1. The molecule has 0 bridgehead atoms. The van der Waals surface area contributed by atoms with E-state index in [1.807, 2.05) is 37.8 Å². The van der Waals surface area contributed by atoms with Crippen LogP contribution >= 0.6 is 0 Å². The SMILES string of the molecule is CCCc1cnc(N2CCN(C[C@H]3CCN(c4ccc5c(C6CCC(=O)NC6=O)nn(C)c5c4)C3)CC2)nc1Nc1cnc2c(c1)cc(OCC(=O)NC)c(=O)n2C(C)C. The van der Waals surface area contributed by atoms with Crippen LogP contribution in [0.15, 0.2) is 47.5 Å². The molecular weight excluding hydrogens is 765 g/mol. The summed E-state index contributed by atoms with van der Waals surface area (Å²) >= 11 is 0. The first-order valence-corrected chi connectivity index (χ1v) is 21.0. The van der Waals surface area contributed by atoms with Gasteiger partial charge in [-0.25, -0.2) is 9.97 Å². The van der Waals surface area contributed by atoms with Crippen molar-refractivity contribution in [3.8, 4) is 5.75 Å². The number of carbonyl (C=O) groups is 3. The van der Waals surface area contributed by atoms with Crippen molar-refractivity contribution in [2.75, 3.05) is 74.6 Å². The molecule has 0 spiro atoms. The molecule has 0 saturated carbocycles. The van der Waals surface area contributed by atoms with Crippen LogP contribution in [-0.4, -0.2) is 111 Å². The number of hydrogen-bond acceptors (Lipinski definition) is 13. The van der Waals surface area contributed by atoms with Gasteiger partial charge in [-0.15, -0.1) is 0 Å². The molecule has 3 saturated heterocycles. The molecule has 5 aromatic rings. The average Bonchev–Trinajstić information content (AvgIpc) is 3.84. The summed E-state index contributed by atoms with van der Waals surface area (Å²) in [5.74, 6) is 0.808. The van der Waals surface area contributed by atoms with E-state index in [9.17, 15) is 19.2 Å². The lowest BCUT2D eigenvalue weighted by Gasteiger charge is -2.36. The minimum atomic E-state index is -0.416. The number of benzene rings is 1. The van der Waals surface area contributed by atoms with Crippen LogP contribution in [0.3, 0.4) is 0 Å². The van der Waals surface area contributed by atoms with Crippen molar-refractivity contribution < 1.29 is 19.1 Å². The summed E-state index contributed by atoms with van der Waals surface area (Å²) in [6.07, 6.45) is 7.29. The molecule has 7 heterocycles. The van der Waals surface area contributed by atoms with Gasteiger partial charge in [-0.3, -0.25) is 38.6 Å². The molecule has 316 valence electrons. The first-order chi connectivity index (χ1) is 29.0. The third kappa shape index (κ3) is 8.35. The highest BCUT2D eigenvalue weighted by atomic mass is 16.5. The van der Waals surface area contributed by atoms with E-state index in [4.69, 9.17) is 19.8 Å². The Hall–Kier alpha value is -6.10. The lowest BCUT2D eigenvalue weighted by Crippen LogP contribution is -2.48. The van der Waals surface area contributed by atoms with E-state index >= 15 is 0 Å². The fourth-order valence-corrected chi connectivity index (χ4v) is 8.71. The van der Waals surface area contributed by atoms with Gasteiger partial charge >= 0.3 is 0 Å². The zero-order valence-corrected chi connectivity index (χ0v) is 35.0. The number of fused-ring (bicyclic) bond motifs is 2. The van der Waals surface area contributed by atoms with Crippen LogP contribution < -0.4 is 36.0 Å². The predicted molar refractivity (Wildman–Crippen MR) is 230 cm³/mol. The molecule has 2 atom stereocenters. The fourth-order valence-electron chi connectivity index (χ4n) is 8.71. The maximum atomic E-state index is 13.3. The molecule has 0 aliphatic carbocycles. The van der Waals surface area contributed by atoms with Gasteiger partial charge in [0.2, 0.25) is 17.8 Å². The third-order valence-electron chi connectivity index (χ3n) is 11.9. The molecule has 3 aliphatic rings. The predicted octanol–water partition coefficient (Wildman–Crippen LogP) is 3.64. The van der Waals surface area contributed by atoms with Crippen molar-refractivity contribution in [3.05, 3.63) is 64.3 Å². The molecule has 1 aromatic carbocycles. The number of amides is 3. The summed E-state index contributed by atoms with van der Waals surface area (Å²) < 4.78 is 9.07. The number of piperidine rings is 1. The Morgan fingerprint density at radius 3 is 2.57 bits per heavy atom. The molecule has 1 unspecified atom stereocenters. The zero-order valence-electron chi connectivity index (χ0n) is 35.0. The van der Waals surface area contributed by atoms with Crippen LogP contribution in [0.25, 0.3) is 21.9 Å². The number of pyridine rings is 2. The van der Waals surface area contributed by atoms with Crippen molar-refractivity contribution >= 4 is 62.8 Å². The Morgan fingerprint density at radius 1 is 1.00 bits per heavy atom. The van der Waals surface area contributed by atoms with Crippen LogP contribution in [0, 0.1) is 5.92 Å². The number of nitrogens with zero attached hydrogens (tertiary/aromatic N) is 9. The topological polar surface area (TPSA) is 185 Å². The summed E-state index contributed by atoms with van der Waals surface area (Å²) in [5, 5.41) is 14.9. The van der Waals surface area contributed by atoms with Gasteiger partial charge in [0.1, 0.15) is 11.5 Å². The van der Waals surface area contributed by atoms with E-state index in [0.717, 1.165) is 98.7 Å². The van der Waals surface area contributed by atoms with E-state index in [1.54, 1.807) is 16.8 Å². The van der Waals surface area contributed by atoms with E-state index < -0.39 is 5.92 Å². The number of ether oxygens (including phenoxy) is 1. The minimum Gasteiger partial charge on any atom is -0.478 e. The number of hydrogen-bond donors (Lipinski definition) is 3. The Labute approximate surface area is 348 Å². The molecule has 8 rings (SSSR count). The molecule has 3 aliphatic heterocycles. The van der Waals surface area contributed by atoms with Crippen molar-refractivity contribution in [1.82, 2.24) is 44.8 Å². The van der Waals surface area contributed by atoms with E-state index in [0.29, 0.717) is 41.4 Å². The van der Waals surface area contributed by atoms with Gasteiger partial charge < -0.3 is 25.2 Å². The van der Waals surface area contributed by atoms with Gasteiger partial charge in [0.15, 0.2) is 12.4 Å². The number of piperazine rings is 1. The van der Waals surface area contributed by atoms with Crippen LogP contribution in [0.5, 0.6) is 5.75 Å². The van der Waals surface area contributed by atoms with Gasteiger partial charge in [0.25, 0.3) is 11.5 Å². The maximum absolute atomic E-state index is 13.3. The molecule has 60 heavy (non-hydrogen) atoms. The Bertz CT molecular complexity index is 2490. The van der Waals surface area contributed by atoms with Crippen molar-refractivity contribution in [2.24, 2.45) is 13.0 Å². The standard InChI is InChI=1S/C43H54N12O5/c1-6-7-28-21-46-43(49-39(28)47-30-18-29-19-35(60-25-37(57)44-4)42(59)55(26(2)3)40(29)45-22-30)53-16-14-52(15-17-53)23-27-12-13-54(24-27)31-8-9-32-34(20-31)51(5)50-38(32)33-10-11-36(56)48-41(33)58/h8-9,18-22,26-27,33H,6-7,10-17,23-25H2,1-5H3,(H,44,57)(H,46,47,49)(H,48,56,58)/t27-,33?/m1/s1. The molecule has 3 N–H and O–H groups in total. The van der Waals surface area contributed by atoms with Crippen molar-refractivity contribution in [2.45, 2.75) is 64.8 Å². The molecular formula is C43H54N12O5. The van der Waals surface area contributed by atoms with Crippen molar-refractivity contribution in [1.29, 1.82) is 0 Å². The Kier molecular flexibility index (Phi) is 11.7. The van der Waals surface area contributed by atoms with Gasteiger partial charge in [0.05, 0.1) is 29.0 Å². The van der Waals surface area contributed by atoms with Gasteiger partial charge in [-0.05, 0) is 69.4 Å². The largest absolute Gasteiger partial charge is 0.478 e. The lowest BCUT2D eigenvalue weighted by molar-refractivity contribution is -0.134. The van der Waals surface area contributed by atoms with Crippen LogP contribution in [-0.2, 0) is 27.9 Å². The van der Waals surface area contributed by atoms with Crippen LogP contribution in [0.4, 0.5) is 23.1 Å². The summed E-state index contributed by atoms with van der Waals surface area (Å²) in [6, 6.07) is 9.78. The molecule has 17 heteroatoms. The van der Waals surface area contributed by atoms with Crippen molar-refractivity contribution in [3.63, 3.8) is 0 Å². The molecule has 3 amide bonds. The van der Waals surface area contributed by atoms with Gasteiger partial charge in [-0.2, -0.15) is 10.1 Å². The number of likely N-dealkylation sites (N-methyl/N-ethyl adjacent to an activating group) is 1. The number of carbonyl (C=O) groups excluding carboxylic acids is 3. The number of rotatable bonds is 13. The first-order valence-electron chi connectivity index (χ1n) is 21.0. The maximum Gasteiger partial charge on any atom is 0.294 e. The minimum absolute atomic E-state index is 0.0882. The second-order valence-electron chi connectivity index (χ2n) is 16.4. The van der Waals surface area contributed by atoms with Crippen LogP contribution in [0.1, 0.15) is 69.7 Å². The fraction of sp³-hybridized carbons (Fsp3) is 0.488. The summed E-state index contributed by atoms with van der Waals surface area (Å²) in [4.78, 5) is 71.3. The summed E-state index contributed by atoms with van der Waals surface area (Å²) in [7, 11) is 3.44. The van der Waals surface area contributed by atoms with Gasteiger partial charge in [-0.1, -0.05) is 13.3 Å². The monoisotopic (exact) mass is 818 g/mol. The lowest BCUT2D eigenvalue weighted by atomic mass is 9.93. The quantitative estimate of drug-likeness (QED) is 0.147. The Balaban J connectivity index is 0.906. The summed E-state index contributed by atoms with van der Waals surface area (Å²) in [6.45, 7) is 12.1. The Morgan fingerprint density at radius 2 is 1.82 bits per heavy atom. The van der Waals surface area contributed by atoms with E-state index in [1.165, 1.54) is 7.05 Å². The number of aromatic nitrogens is 6. The van der Waals surface area contributed by atoms with E-state index in [2.05, 4.69) is 60.8 Å². The molecule has 4 aromatic heterocycles. The highest BCUT2D eigenvalue weighted by Crippen LogP contribution is 2.34. The van der Waals surface area contributed by atoms with Gasteiger partial charge in [0, 0.05) is 101 Å². The molecule has 17 nitrogen and oxygen atoms in total. The number of aryl methyl sites for hydroxylation is 2. The summed E-state index contributed by atoms with van der Waals surface area (Å²) in [5.41, 5.74) is 4.79. The normalized spacial score (nSPS) is 18.8. The first kappa shape index (κ1) is 40.7. The third-order valence-corrected chi connectivity index (χ3v) is 11.9. The molecule has 3 fully saturated rings.